The van der Waals surface area contributed by atoms with Gasteiger partial charge >= 0.3 is 0 Å². The zero-order valence-corrected chi connectivity index (χ0v) is 8.98. The van der Waals surface area contributed by atoms with Gasteiger partial charge in [0.05, 0.1) is 11.0 Å². The van der Waals surface area contributed by atoms with Crippen molar-refractivity contribution in [2.75, 3.05) is 0 Å². The van der Waals surface area contributed by atoms with E-state index in [4.69, 9.17) is 0 Å². The van der Waals surface area contributed by atoms with E-state index < -0.39 is 0 Å². The van der Waals surface area contributed by atoms with Gasteiger partial charge in [-0.1, -0.05) is 12.1 Å². The lowest BCUT2D eigenvalue weighted by atomic mass is 10.3. The van der Waals surface area contributed by atoms with E-state index in [9.17, 15) is 0 Å². The predicted molar refractivity (Wildman–Crippen MR) is 60.7 cm³/mol. The summed E-state index contributed by atoms with van der Waals surface area (Å²) in [5.74, 6) is 1.70. The van der Waals surface area contributed by atoms with Gasteiger partial charge in [-0.2, -0.15) is 12.6 Å². The fraction of sp³-hybridized carbons (Fsp3) is 0.222. The number of aryl methyl sites for hydroxylation is 1. The monoisotopic (exact) mass is 214 g/mol. The summed E-state index contributed by atoms with van der Waals surface area (Å²) in [5.41, 5.74) is 2.21. The van der Waals surface area contributed by atoms with E-state index in [1.54, 1.807) is 0 Å². The Morgan fingerprint density at radius 3 is 2.69 bits per heavy atom. The molecule has 1 aromatic heterocycles. The van der Waals surface area contributed by atoms with E-state index in [0.717, 1.165) is 11.3 Å². The Hall–Kier alpha value is -0.670. The van der Waals surface area contributed by atoms with Crippen molar-refractivity contribution >= 4 is 36.1 Å². The summed E-state index contributed by atoms with van der Waals surface area (Å²) in [5, 5.41) is 0. The van der Waals surface area contributed by atoms with Gasteiger partial charge < -0.3 is 4.57 Å². The molecule has 0 saturated heterocycles. The molecular weight excluding hydrogens is 204 g/mol. The second-order valence-electron chi connectivity index (χ2n) is 2.73. The highest BCUT2D eigenvalue weighted by molar-refractivity contribution is 7.79. The largest absolute Gasteiger partial charge is 0.330 e. The number of para-hydroxylation sites is 2. The Balaban J connectivity index is 0.000000845. The molecule has 0 unspecified atom stereocenters. The van der Waals surface area contributed by atoms with Gasteiger partial charge in [-0.15, -0.1) is 12.4 Å². The summed E-state index contributed by atoms with van der Waals surface area (Å²) in [6.07, 6.45) is 0. The number of nitrogens with zero attached hydrogens (tertiary/aromatic N) is 2. The Kier molecular flexibility index (Phi) is 3.22. The standard InChI is InChI=1S/C9H10N2S.ClH/c1-11-8-5-3-2-4-7(8)10-9(11)6-12;/h2-5,12H,6H2,1H3;1H. The molecule has 0 aliphatic rings. The van der Waals surface area contributed by atoms with E-state index in [1.165, 1.54) is 5.52 Å². The average molecular weight is 215 g/mol. The maximum Gasteiger partial charge on any atom is 0.119 e. The van der Waals surface area contributed by atoms with Crippen LogP contribution in [0.3, 0.4) is 0 Å². The van der Waals surface area contributed by atoms with Gasteiger partial charge in [-0.3, -0.25) is 0 Å². The molecule has 1 aromatic carbocycles. The van der Waals surface area contributed by atoms with Crippen LogP contribution in [0.5, 0.6) is 0 Å². The maximum atomic E-state index is 4.42. The SMILES string of the molecule is Cl.Cn1c(CS)nc2ccccc21. The first-order valence-corrected chi connectivity index (χ1v) is 4.47. The Bertz CT molecular complexity index is 411. The number of benzene rings is 1. The first kappa shape index (κ1) is 10.4. The number of fused-ring (bicyclic) bond motifs is 1. The Morgan fingerprint density at radius 2 is 2.08 bits per heavy atom. The molecular formula is C9H11ClN2S. The lowest BCUT2D eigenvalue weighted by Crippen LogP contribution is -1.93. The van der Waals surface area contributed by atoms with Crippen LogP contribution in [0.25, 0.3) is 11.0 Å². The molecule has 13 heavy (non-hydrogen) atoms. The number of thiol groups is 1. The molecule has 2 nitrogen and oxygen atoms in total. The van der Waals surface area contributed by atoms with E-state index in [1.807, 2.05) is 25.2 Å². The van der Waals surface area contributed by atoms with Gasteiger partial charge in [-0.25, -0.2) is 4.98 Å². The highest BCUT2D eigenvalue weighted by Gasteiger charge is 2.03. The molecule has 0 bridgehead atoms. The predicted octanol–water partition coefficient (Wildman–Crippen LogP) is 2.42. The molecule has 0 N–H and O–H groups in total. The summed E-state index contributed by atoms with van der Waals surface area (Å²) >= 11 is 4.21. The number of hydrogen-bond donors (Lipinski definition) is 1. The van der Waals surface area contributed by atoms with Crippen LogP contribution in [0.2, 0.25) is 0 Å². The zero-order chi connectivity index (χ0) is 8.55. The summed E-state index contributed by atoms with van der Waals surface area (Å²) in [6.45, 7) is 0. The normalized spacial score (nSPS) is 10.0. The minimum Gasteiger partial charge on any atom is -0.330 e. The van der Waals surface area contributed by atoms with Gasteiger partial charge in [0.25, 0.3) is 0 Å². The summed E-state index contributed by atoms with van der Waals surface area (Å²) in [7, 11) is 2.01. The summed E-state index contributed by atoms with van der Waals surface area (Å²) < 4.78 is 2.07. The van der Waals surface area contributed by atoms with Crippen LogP contribution in [0.15, 0.2) is 24.3 Å². The lowest BCUT2D eigenvalue weighted by molar-refractivity contribution is 0.877. The van der Waals surface area contributed by atoms with Crippen LogP contribution in [-0.4, -0.2) is 9.55 Å². The third kappa shape index (κ3) is 1.67. The third-order valence-corrected chi connectivity index (χ3v) is 2.30. The van der Waals surface area contributed by atoms with Gasteiger partial charge in [0.1, 0.15) is 5.82 Å². The molecule has 2 aromatic rings. The van der Waals surface area contributed by atoms with Crippen molar-refractivity contribution in [1.82, 2.24) is 9.55 Å². The fourth-order valence-electron chi connectivity index (χ4n) is 1.34. The van der Waals surface area contributed by atoms with Crippen molar-refractivity contribution in [1.29, 1.82) is 0 Å². The minimum atomic E-state index is 0. The zero-order valence-electron chi connectivity index (χ0n) is 7.27. The highest BCUT2D eigenvalue weighted by Crippen LogP contribution is 2.14. The van der Waals surface area contributed by atoms with Crippen LogP contribution in [0, 0.1) is 0 Å². The van der Waals surface area contributed by atoms with E-state index in [0.29, 0.717) is 5.75 Å². The summed E-state index contributed by atoms with van der Waals surface area (Å²) in [4.78, 5) is 4.42. The molecule has 0 fully saturated rings. The first-order valence-electron chi connectivity index (χ1n) is 3.84. The van der Waals surface area contributed by atoms with Crippen molar-refractivity contribution in [3.63, 3.8) is 0 Å². The molecule has 0 amide bonds. The van der Waals surface area contributed by atoms with Crippen LogP contribution in [-0.2, 0) is 12.8 Å². The molecule has 2 rings (SSSR count). The number of hydrogen-bond acceptors (Lipinski definition) is 2. The first-order chi connectivity index (χ1) is 5.83. The Labute approximate surface area is 88.8 Å². The van der Waals surface area contributed by atoms with E-state index in [-0.39, 0.29) is 12.4 Å². The quantitative estimate of drug-likeness (QED) is 0.722. The van der Waals surface area contributed by atoms with Crippen LogP contribution in [0.4, 0.5) is 0 Å². The molecule has 0 saturated carbocycles. The topological polar surface area (TPSA) is 17.8 Å². The third-order valence-electron chi connectivity index (χ3n) is 2.02. The van der Waals surface area contributed by atoms with Crippen molar-refractivity contribution in [2.24, 2.45) is 7.05 Å². The number of imidazole rings is 1. The van der Waals surface area contributed by atoms with Crippen LogP contribution < -0.4 is 0 Å². The molecule has 1 heterocycles. The molecule has 0 atom stereocenters. The number of aromatic nitrogens is 2. The van der Waals surface area contributed by atoms with E-state index in [2.05, 4.69) is 28.2 Å². The molecule has 0 aliphatic heterocycles. The van der Waals surface area contributed by atoms with Gasteiger partial charge in [0.15, 0.2) is 0 Å². The van der Waals surface area contributed by atoms with Crippen molar-refractivity contribution < 1.29 is 0 Å². The molecule has 0 spiro atoms. The molecule has 70 valence electrons. The van der Waals surface area contributed by atoms with Crippen molar-refractivity contribution in [3.8, 4) is 0 Å². The van der Waals surface area contributed by atoms with Gasteiger partial charge in [0.2, 0.25) is 0 Å². The molecule has 0 radical (unpaired) electrons. The summed E-state index contributed by atoms with van der Waals surface area (Å²) in [6, 6.07) is 8.10. The lowest BCUT2D eigenvalue weighted by Gasteiger charge is -1.96. The highest BCUT2D eigenvalue weighted by atomic mass is 35.5. The maximum absolute atomic E-state index is 4.42. The van der Waals surface area contributed by atoms with Crippen LogP contribution in [0.1, 0.15) is 5.82 Å². The van der Waals surface area contributed by atoms with Gasteiger partial charge in [0, 0.05) is 12.8 Å². The second-order valence-corrected chi connectivity index (χ2v) is 3.05. The smallest absolute Gasteiger partial charge is 0.119 e. The van der Waals surface area contributed by atoms with E-state index >= 15 is 0 Å². The van der Waals surface area contributed by atoms with Crippen LogP contribution >= 0.6 is 25.0 Å². The number of halogens is 1. The average Bonchev–Trinajstić information content (AvgIpc) is 2.44. The van der Waals surface area contributed by atoms with Gasteiger partial charge in [-0.05, 0) is 12.1 Å². The number of rotatable bonds is 1. The second kappa shape index (κ2) is 4.03. The minimum absolute atomic E-state index is 0. The molecule has 4 heteroatoms. The molecule has 0 aliphatic carbocycles. The van der Waals surface area contributed by atoms with Crippen molar-refractivity contribution in [2.45, 2.75) is 5.75 Å². The Morgan fingerprint density at radius 1 is 1.38 bits per heavy atom. The van der Waals surface area contributed by atoms with Crippen molar-refractivity contribution in [3.05, 3.63) is 30.1 Å². The fourth-order valence-corrected chi connectivity index (χ4v) is 1.62.